The molecule has 0 N–H and O–H groups in total. The molecule has 0 aromatic heterocycles. The van der Waals surface area contributed by atoms with Gasteiger partial charge in [-0.25, -0.2) is 0 Å². The van der Waals surface area contributed by atoms with Crippen molar-refractivity contribution >= 4 is 0 Å². The van der Waals surface area contributed by atoms with Gasteiger partial charge in [0.15, 0.2) is 0 Å². The molecule has 3 fully saturated rings. The molecule has 0 aromatic rings. The van der Waals surface area contributed by atoms with E-state index in [9.17, 15) is 0 Å². The lowest BCUT2D eigenvalue weighted by atomic mass is 9.69. The first-order valence-electron chi connectivity index (χ1n) is 9.38. The molecular formula is C20H40. The summed E-state index contributed by atoms with van der Waals surface area (Å²) in [5, 5.41) is 0. The van der Waals surface area contributed by atoms with Crippen molar-refractivity contribution in [1.82, 2.24) is 0 Å². The van der Waals surface area contributed by atoms with E-state index in [0.29, 0.717) is 0 Å². The van der Waals surface area contributed by atoms with Gasteiger partial charge in [0.1, 0.15) is 0 Å². The molecule has 120 valence electrons. The molecule has 0 heteroatoms. The lowest BCUT2D eigenvalue weighted by molar-refractivity contribution is 0.155. The summed E-state index contributed by atoms with van der Waals surface area (Å²) in [7, 11) is 0. The van der Waals surface area contributed by atoms with Gasteiger partial charge in [-0.2, -0.15) is 0 Å². The van der Waals surface area contributed by atoms with Gasteiger partial charge in [-0.1, -0.05) is 67.2 Å². The van der Waals surface area contributed by atoms with E-state index in [1.54, 1.807) is 0 Å². The second kappa shape index (κ2) is 7.85. The maximum Gasteiger partial charge on any atom is -0.0326 e. The molecule has 3 aliphatic rings. The van der Waals surface area contributed by atoms with Crippen LogP contribution in [0.2, 0.25) is 0 Å². The molecule has 2 atom stereocenters. The largest absolute Gasteiger partial charge is 0.0654 e. The minimum absolute atomic E-state index is 0.764. The predicted molar refractivity (Wildman–Crippen MR) is 92.1 cm³/mol. The Hall–Kier alpha value is 0. The zero-order valence-electron chi connectivity index (χ0n) is 15.2. The Morgan fingerprint density at radius 2 is 1.45 bits per heavy atom. The molecule has 2 unspecified atom stereocenters. The fourth-order valence-corrected chi connectivity index (χ4v) is 3.17. The molecule has 3 aliphatic carbocycles. The first kappa shape index (κ1) is 18.1. The molecular weight excluding hydrogens is 240 g/mol. The molecule has 3 saturated carbocycles. The average molecular weight is 281 g/mol. The van der Waals surface area contributed by atoms with Gasteiger partial charge in [-0.15, -0.1) is 0 Å². The number of hydrogen-bond donors (Lipinski definition) is 0. The lowest BCUT2D eigenvalue weighted by Crippen LogP contribution is -2.23. The lowest BCUT2D eigenvalue weighted by Gasteiger charge is -2.37. The van der Waals surface area contributed by atoms with Crippen molar-refractivity contribution in [3.05, 3.63) is 0 Å². The quantitative estimate of drug-likeness (QED) is 0.509. The molecule has 0 saturated heterocycles. The van der Waals surface area contributed by atoms with Crippen molar-refractivity contribution < 1.29 is 0 Å². The van der Waals surface area contributed by atoms with E-state index in [0.717, 1.165) is 22.7 Å². The first-order chi connectivity index (χ1) is 9.38. The van der Waals surface area contributed by atoms with Gasteiger partial charge >= 0.3 is 0 Å². The van der Waals surface area contributed by atoms with Crippen molar-refractivity contribution in [2.45, 2.75) is 106 Å². The third-order valence-electron chi connectivity index (χ3n) is 6.17. The molecule has 0 amide bonds. The van der Waals surface area contributed by atoms with E-state index >= 15 is 0 Å². The molecule has 0 bridgehead atoms. The van der Waals surface area contributed by atoms with Crippen LogP contribution in [-0.2, 0) is 0 Å². The van der Waals surface area contributed by atoms with E-state index in [4.69, 9.17) is 0 Å². The fraction of sp³-hybridized carbons (Fsp3) is 1.00. The zero-order chi connectivity index (χ0) is 15.2. The van der Waals surface area contributed by atoms with Crippen LogP contribution in [0.1, 0.15) is 106 Å². The fourth-order valence-electron chi connectivity index (χ4n) is 3.17. The highest BCUT2D eigenvalue weighted by atomic mass is 14.4. The maximum atomic E-state index is 2.39. The second-order valence-corrected chi connectivity index (χ2v) is 8.46. The number of hydrogen-bond acceptors (Lipinski definition) is 0. The Bertz CT molecular complexity index is 250. The van der Waals surface area contributed by atoms with Crippen LogP contribution in [0.3, 0.4) is 0 Å². The predicted octanol–water partition coefficient (Wildman–Crippen LogP) is 7.23. The number of rotatable bonds is 4. The van der Waals surface area contributed by atoms with Crippen LogP contribution < -0.4 is 0 Å². The van der Waals surface area contributed by atoms with Gasteiger partial charge in [0.25, 0.3) is 0 Å². The Morgan fingerprint density at radius 3 is 1.50 bits per heavy atom. The van der Waals surface area contributed by atoms with E-state index in [1.807, 2.05) is 0 Å². The van der Waals surface area contributed by atoms with Crippen molar-refractivity contribution in [2.24, 2.45) is 22.7 Å². The van der Waals surface area contributed by atoms with Crippen molar-refractivity contribution in [2.75, 3.05) is 0 Å². The molecule has 0 heterocycles. The summed E-state index contributed by atoms with van der Waals surface area (Å²) in [5.41, 5.74) is 1.56. The Kier molecular flexibility index (Phi) is 7.09. The smallest absolute Gasteiger partial charge is 0.0326 e. The van der Waals surface area contributed by atoms with Crippen molar-refractivity contribution in [1.29, 1.82) is 0 Å². The highest BCUT2D eigenvalue weighted by Crippen LogP contribution is 2.48. The van der Waals surface area contributed by atoms with Gasteiger partial charge < -0.3 is 0 Å². The van der Waals surface area contributed by atoms with Crippen LogP contribution in [0, 0.1) is 22.7 Å². The molecule has 0 aliphatic heterocycles. The van der Waals surface area contributed by atoms with Gasteiger partial charge in [-0.05, 0) is 61.2 Å². The molecule has 3 rings (SSSR count). The van der Waals surface area contributed by atoms with E-state index in [2.05, 4.69) is 41.5 Å². The molecule has 0 nitrogen and oxygen atoms in total. The summed E-state index contributed by atoms with van der Waals surface area (Å²) in [6, 6.07) is 0. The average Bonchev–Trinajstić information content (AvgIpc) is 3.28. The normalized spacial score (nSPS) is 30.9. The highest BCUT2D eigenvalue weighted by Gasteiger charge is 2.35. The molecule has 0 aromatic carbocycles. The van der Waals surface area contributed by atoms with Crippen LogP contribution in [0.15, 0.2) is 0 Å². The van der Waals surface area contributed by atoms with Gasteiger partial charge in [0, 0.05) is 0 Å². The molecule has 0 spiro atoms. The SMILES string of the molecule is CCC1(C)CCC1.CCC1CC1C.CCCC1(C)CC1. The minimum Gasteiger partial charge on any atom is -0.0654 e. The summed E-state index contributed by atoms with van der Waals surface area (Å²) < 4.78 is 0. The summed E-state index contributed by atoms with van der Waals surface area (Å²) in [6.07, 6.45) is 14.5. The summed E-state index contributed by atoms with van der Waals surface area (Å²) in [4.78, 5) is 0. The van der Waals surface area contributed by atoms with Crippen molar-refractivity contribution in [3.63, 3.8) is 0 Å². The monoisotopic (exact) mass is 280 g/mol. The zero-order valence-corrected chi connectivity index (χ0v) is 15.2. The minimum atomic E-state index is 0.764. The van der Waals surface area contributed by atoms with Gasteiger partial charge in [0.2, 0.25) is 0 Å². The van der Waals surface area contributed by atoms with Crippen LogP contribution >= 0.6 is 0 Å². The van der Waals surface area contributed by atoms with E-state index < -0.39 is 0 Å². The van der Waals surface area contributed by atoms with E-state index in [1.165, 1.54) is 64.2 Å². The Balaban J connectivity index is 0.000000151. The van der Waals surface area contributed by atoms with Crippen LogP contribution in [0.4, 0.5) is 0 Å². The van der Waals surface area contributed by atoms with Crippen LogP contribution in [0.5, 0.6) is 0 Å². The van der Waals surface area contributed by atoms with Gasteiger partial charge in [0.05, 0.1) is 0 Å². The second-order valence-electron chi connectivity index (χ2n) is 8.46. The standard InChI is InChI=1S/2C7H14.C6H12/c1-3-7(2)5-4-6-7;1-3-4-7(2)5-6-7;1-3-6-4-5(6)2/h2*3-6H2,1-2H3;5-6H,3-4H2,1-2H3. The Morgan fingerprint density at radius 1 is 0.900 bits per heavy atom. The third kappa shape index (κ3) is 6.64. The maximum absolute atomic E-state index is 2.39. The van der Waals surface area contributed by atoms with Gasteiger partial charge in [-0.3, -0.25) is 0 Å². The third-order valence-corrected chi connectivity index (χ3v) is 6.17. The van der Waals surface area contributed by atoms with E-state index in [-0.39, 0.29) is 0 Å². The first-order valence-corrected chi connectivity index (χ1v) is 9.38. The Labute approximate surface area is 129 Å². The van der Waals surface area contributed by atoms with Crippen molar-refractivity contribution in [3.8, 4) is 0 Å². The summed E-state index contributed by atoms with van der Waals surface area (Å²) in [5.74, 6) is 2.17. The summed E-state index contributed by atoms with van der Waals surface area (Å²) >= 11 is 0. The van der Waals surface area contributed by atoms with Crippen LogP contribution in [0.25, 0.3) is 0 Å². The summed E-state index contributed by atoms with van der Waals surface area (Å²) in [6.45, 7) is 13.9. The topological polar surface area (TPSA) is 0 Å². The van der Waals surface area contributed by atoms with Crippen LogP contribution in [-0.4, -0.2) is 0 Å². The highest BCUT2D eigenvalue weighted by molar-refractivity contribution is 4.87. The molecule has 20 heavy (non-hydrogen) atoms. The molecule has 0 radical (unpaired) electrons.